The molecule has 0 aliphatic carbocycles. The van der Waals surface area contributed by atoms with Crippen molar-refractivity contribution in [3.63, 3.8) is 0 Å². The van der Waals surface area contributed by atoms with E-state index in [0.717, 1.165) is 49.8 Å². The molecule has 0 bridgehead atoms. The first kappa shape index (κ1) is 31.6. The molecule has 0 radical (unpaired) electrons. The standard InChI is InChI=1S/C35H51N3O2/c1-5-7-9-11-12-13-14-15-16-22-33(39)37(27-19-10-8-6-2)29(4)34-36-32-21-18-17-20-31(32)35(40)38(34)30-25-23-28(3)24-26-30/h17-18,20-21,23-26,29H,5-16,19,22,27H2,1-4H3/t29-/m1/s1. The summed E-state index contributed by atoms with van der Waals surface area (Å²) in [5.74, 6) is 0.799. The normalized spacial score (nSPS) is 12.1. The molecule has 3 aromatic rings. The van der Waals surface area contributed by atoms with E-state index in [1.54, 1.807) is 4.57 Å². The molecule has 5 nitrogen and oxygen atoms in total. The first-order valence-electron chi connectivity index (χ1n) is 15.9. The van der Waals surface area contributed by atoms with Crippen LogP contribution in [-0.4, -0.2) is 26.9 Å². The van der Waals surface area contributed by atoms with Crippen LogP contribution in [0.15, 0.2) is 53.3 Å². The summed E-state index contributed by atoms with van der Waals surface area (Å²) in [5.41, 5.74) is 2.51. The van der Waals surface area contributed by atoms with Crippen LogP contribution in [0.3, 0.4) is 0 Å². The summed E-state index contributed by atoms with van der Waals surface area (Å²) in [5, 5.41) is 0.592. The molecule has 0 saturated heterocycles. The van der Waals surface area contributed by atoms with E-state index in [4.69, 9.17) is 4.98 Å². The number of unbranched alkanes of at least 4 members (excludes halogenated alkanes) is 11. The van der Waals surface area contributed by atoms with E-state index in [2.05, 4.69) is 13.8 Å². The van der Waals surface area contributed by atoms with Gasteiger partial charge in [-0.3, -0.25) is 14.2 Å². The Morgan fingerprint density at radius 1 is 0.800 bits per heavy atom. The fourth-order valence-electron chi connectivity index (χ4n) is 5.49. The van der Waals surface area contributed by atoms with Crippen molar-refractivity contribution in [2.75, 3.05) is 6.54 Å². The largest absolute Gasteiger partial charge is 0.333 e. The molecule has 1 atom stereocenters. The molecular formula is C35H51N3O2. The van der Waals surface area contributed by atoms with Crippen molar-refractivity contribution in [1.29, 1.82) is 0 Å². The molecule has 1 heterocycles. The van der Waals surface area contributed by atoms with Crippen molar-refractivity contribution >= 4 is 16.8 Å². The molecule has 5 heteroatoms. The maximum absolute atomic E-state index is 13.8. The van der Waals surface area contributed by atoms with E-state index in [-0.39, 0.29) is 17.5 Å². The molecule has 3 rings (SSSR count). The first-order valence-corrected chi connectivity index (χ1v) is 15.9. The number of carbonyl (C=O) groups is 1. The third-order valence-corrected chi connectivity index (χ3v) is 8.00. The quantitative estimate of drug-likeness (QED) is 0.150. The maximum Gasteiger partial charge on any atom is 0.266 e. The van der Waals surface area contributed by atoms with Crippen molar-refractivity contribution in [2.24, 2.45) is 0 Å². The van der Waals surface area contributed by atoms with Gasteiger partial charge >= 0.3 is 0 Å². The number of nitrogens with zero attached hydrogens (tertiary/aromatic N) is 3. The molecule has 40 heavy (non-hydrogen) atoms. The van der Waals surface area contributed by atoms with Gasteiger partial charge in [-0.25, -0.2) is 4.98 Å². The van der Waals surface area contributed by atoms with Gasteiger partial charge in [0.15, 0.2) is 0 Å². The third-order valence-electron chi connectivity index (χ3n) is 8.00. The second-order valence-electron chi connectivity index (χ2n) is 11.4. The first-order chi connectivity index (χ1) is 19.5. The van der Waals surface area contributed by atoms with Crippen molar-refractivity contribution in [3.05, 3.63) is 70.3 Å². The highest BCUT2D eigenvalue weighted by Crippen LogP contribution is 2.25. The summed E-state index contributed by atoms with van der Waals surface area (Å²) in [4.78, 5) is 34.5. The molecule has 218 valence electrons. The van der Waals surface area contributed by atoms with Crippen LogP contribution in [0.1, 0.15) is 128 Å². The van der Waals surface area contributed by atoms with Crippen LogP contribution in [0.4, 0.5) is 0 Å². The molecule has 0 aliphatic rings. The molecule has 1 amide bonds. The molecule has 0 fully saturated rings. The van der Waals surface area contributed by atoms with Gasteiger partial charge in [0.25, 0.3) is 5.56 Å². The Bertz CT molecular complexity index is 1230. The van der Waals surface area contributed by atoms with E-state index in [1.165, 1.54) is 44.9 Å². The highest BCUT2D eigenvalue weighted by atomic mass is 16.2. The average Bonchev–Trinajstić information content (AvgIpc) is 2.96. The van der Waals surface area contributed by atoms with Crippen LogP contribution in [0.2, 0.25) is 0 Å². The van der Waals surface area contributed by atoms with Gasteiger partial charge in [-0.15, -0.1) is 0 Å². The molecular weight excluding hydrogens is 494 g/mol. The Kier molecular flexibility index (Phi) is 13.4. The minimum Gasteiger partial charge on any atom is -0.333 e. The monoisotopic (exact) mass is 545 g/mol. The highest BCUT2D eigenvalue weighted by Gasteiger charge is 2.26. The molecule has 0 aliphatic heterocycles. The Hall–Kier alpha value is -2.95. The smallest absolute Gasteiger partial charge is 0.266 e. The number of carbonyl (C=O) groups excluding carboxylic acids is 1. The molecule has 1 aromatic heterocycles. The lowest BCUT2D eigenvalue weighted by Gasteiger charge is -2.31. The number of amides is 1. The summed E-state index contributed by atoms with van der Waals surface area (Å²) in [7, 11) is 0. The molecule has 0 N–H and O–H groups in total. The van der Waals surface area contributed by atoms with Crippen LogP contribution < -0.4 is 5.56 Å². The van der Waals surface area contributed by atoms with Crippen molar-refractivity contribution in [1.82, 2.24) is 14.5 Å². The summed E-state index contributed by atoms with van der Waals surface area (Å²) in [6, 6.07) is 15.2. The fourth-order valence-corrected chi connectivity index (χ4v) is 5.49. The summed E-state index contributed by atoms with van der Waals surface area (Å²) in [6.45, 7) is 9.22. The number of aryl methyl sites for hydroxylation is 1. The zero-order valence-electron chi connectivity index (χ0n) is 25.5. The van der Waals surface area contributed by atoms with Crippen molar-refractivity contribution < 1.29 is 4.79 Å². The molecule has 0 saturated carbocycles. The summed E-state index contributed by atoms with van der Waals surface area (Å²) in [6.07, 6.45) is 16.0. The van der Waals surface area contributed by atoms with E-state index in [9.17, 15) is 9.59 Å². The van der Waals surface area contributed by atoms with Gasteiger partial charge in [0.2, 0.25) is 5.91 Å². The second-order valence-corrected chi connectivity index (χ2v) is 11.4. The predicted octanol–water partition coefficient (Wildman–Crippen LogP) is 9.08. The number of rotatable bonds is 18. The van der Waals surface area contributed by atoms with Crippen molar-refractivity contribution in [3.8, 4) is 5.69 Å². The topological polar surface area (TPSA) is 55.2 Å². The van der Waals surface area contributed by atoms with Gasteiger partial charge < -0.3 is 4.90 Å². The van der Waals surface area contributed by atoms with Crippen LogP contribution in [0.25, 0.3) is 16.6 Å². The number of aromatic nitrogens is 2. The predicted molar refractivity (Wildman–Crippen MR) is 168 cm³/mol. The van der Waals surface area contributed by atoms with E-state index in [0.29, 0.717) is 29.7 Å². The second kappa shape index (κ2) is 17.0. The van der Waals surface area contributed by atoms with Crippen LogP contribution in [-0.2, 0) is 4.79 Å². The van der Waals surface area contributed by atoms with E-state index in [1.807, 2.05) is 67.3 Å². The SMILES string of the molecule is CCCCCCCCCCCC(=O)N(CCCCCC)[C@H](C)c1nc2ccccc2c(=O)n1-c1ccc(C)cc1. The lowest BCUT2D eigenvalue weighted by Crippen LogP contribution is -2.38. The summed E-state index contributed by atoms with van der Waals surface area (Å²) < 4.78 is 1.72. The van der Waals surface area contributed by atoms with Crippen molar-refractivity contribution in [2.45, 2.75) is 124 Å². The number of benzene rings is 2. The highest BCUT2D eigenvalue weighted by molar-refractivity contribution is 5.79. The van der Waals surface area contributed by atoms with Gasteiger partial charge in [0.1, 0.15) is 5.82 Å². The van der Waals surface area contributed by atoms with Gasteiger partial charge in [-0.05, 0) is 51.0 Å². The number of para-hydroxylation sites is 1. The molecule has 2 aromatic carbocycles. The van der Waals surface area contributed by atoms with Gasteiger partial charge in [0.05, 0.1) is 22.6 Å². The Balaban J connectivity index is 1.81. The van der Waals surface area contributed by atoms with Crippen LogP contribution in [0.5, 0.6) is 0 Å². The van der Waals surface area contributed by atoms with E-state index >= 15 is 0 Å². The number of fused-ring (bicyclic) bond motifs is 1. The lowest BCUT2D eigenvalue weighted by atomic mass is 10.1. The molecule has 0 spiro atoms. The van der Waals surface area contributed by atoms with Crippen LogP contribution >= 0.6 is 0 Å². The molecule has 0 unspecified atom stereocenters. The number of hydrogen-bond donors (Lipinski definition) is 0. The zero-order valence-corrected chi connectivity index (χ0v) is 25.5. The minimum absolute atomic E-state index is 0.0892. The Morgan fingerprint density at radius 2 is 1.38 bits per heavy atom. The zero-order chi connectivity index (χ0) is 28.7. The number of hydrogen-bond acceptors (Lipinski definition) is 3. The maximum atomic E-state index is 13.8. The minimum atomic E-state index is -0.314. The Morgan fingerprint density at radius 3 is 2.02 bits per heavy atom. The van der Waals surface area contributed by atoms with Gasteiger partial charge in [0, 0.05) is 13.0 Å². The fraction of sp³-hybridized carbons (Fsp3) is 0.571. The lowest BCUT2D eigenvalue weighted by molar-refractivity contribution is -0.133. The average molecular weight is 546 g/mol. The third kappa shape index (κ3) is 9.04. The van der Waals surface area contributed by atoms with E-state index < -0.39 is 0 Å². The van der Waals surface area contributed by atoms with Crippen LogP contribution in [0, 0.1) is 6.92 Å². The van der Waals surface area contributed by atoms with Gasteiger partial charge in [-0.1, -0.05) is 114 Å². The summed E-state index contributed by atoms with van der Waals surface area (Å²) >= 11 is 0. The van der Waals surface area contributed by atoms with Gasteiger partial charge in [-0.2, -0.15) is 0 Å². The Labute approximate surface area is 242 Å².